The number of fused-ring (bicyclic) bond motifs is 2. The molecule has 1 saturated carbocycles. The minimum Gasteiger partial charge on any atom is -0.380 e. The molecule has 0 radical (unpaired) electrons. The second-order valence-electron chi connectivity index (χ2n) is 7.32. The van der Waals surface area contributed by atoms with Crippen molar-refractivity contribution >= 4 is 0 Å². The van der Waals surface area contributed by atoms with E-state index in [1.807, 2.05) is 0 Å². The fourth-order valence-electron chi connectivity index (χ4n) is 4.06. The van der Waals surface area contributed by atoms with Gasteiger partial charge in [0.2, 0.25) is 0 Å². The highest BCUT2D eigenvalue weighted by molar-refractivity contribution is 5.23. The van der Waals surface area contributed by atoms with Gasteiger partial charge in [-0.05, 0) is 37.0 Å². The van der Waals surface area contributed by atoms with Crippen LogP contribution in [0, 0.1) is 29.1 Å². The van der Waals surface area contributed by atoms with E-state index >= 15 is 0 Å². The lowest BCUT2D eigenvalue weighted by molar-refractivity contribution is -0.152. The maximum atomic E-state index is 6.04. The van der Waals surface area contributed by atoms with Gasteiger partial charge in [-0.1, -0.05) is 32.4 Å². The Morgan fingerprint density at radius 1 is 1.42 bits per heavy atom. The van der Waals surface area contributed by atoms with Crippen LogP contribution in [0.25, 0.3) is 0 Å². The Balaban J connectivity index is 1.47. The molecule has 3 rings (SSSR count). The number of hydrogen-bond acceptors (Lipinski definition) is 2. The van der Waals surface area contributed by atoms with Gasteiger partial charge in [-0.2, -0.15) is 0 Å². The van der Waals surface area contributed by atoms with Crippen molar-refractivity contribution in [2.24, 2.45) is 29.1 Å². The summed E-state index contributed by atoms with van der Waals surface area (Å²) >= 11 is 0. The highest BCUT2D eigenvalue weighted by atomic mass is 16.5. The van der Waals surface area contributed by atoms with Crippen molar-refractivity contribution in [3.8, 4) is 0 Å². The van der Waals surface area contributed by atoms with Crippen LogP contribution in [0.5, 0.6) is 0 Å². The third-order valence-corrected chi connectivity index (χ3v) is 5.62. The van der Waals surface area contributed by atoms with Crippen LogP contribution in [0.3, 0.4) is 0 Å². The van der Waals surface area contributed by atoms with E-state index in [2.05, 4.69) is 26.8 Å². The van der Waals surface area contributed by atoms with Gasteiger partial charge in [0.05, 0.1) is 26.4 Å². The molecule has 0 spiro atoms. The number of allylic oxidation sites excluding steroid dienone is 1. The van der Waals surface area contributed by atoms with Gasteiger partial charge in [0, 0.05) is 11.3 Å². The lowest BCUT2D eigenvalue weighted by atomic mass is 9.81. The molecule has 2 heteroatoms. The fraction of sp³-hybridized carbons (Fsp3) is 0.882. The van der Waals surface area contributed by atoms with Crippen molar-refractivity contribution in [3.05, 3.63) is 11.6 Å². The maximum Gasteiger partial charge on any atom is 0.0566 e. The van der Waals surface area contributed by atoms with Gasteiger partial charge in [-0.25, -0.2) is 0 Å². The Hall–Kier alpha value is -0.340. The van der Waals surface area contributed by atoms with Gasteiger partial charge in [-0.15, -0.1) is 0 Å². The monoisotopic (exact) mass is 264 g/mol. The Labute approximate surface area is 117 Å². The molecule has 0 N–H and O–H groups in total. The summed E-state index contributed by atoms with van der Waals surface area (Å²) in [5.41, 5.74) is 2.03. The molecule has 19 heavy (non-hydrogen) atoms. The average molecular weight is 264 g/mol. The summed E-state index contributed by atoms with van der Waals surface area (Å²) in [6.45, 7) is 10.6. The standard InChI is InChI=1S/C17H28O2/c1-4-17(10-19-11-17)9-18-8-15-6-14-5-13(15)7-16(14)12(2)3/h7,12,14-16H,4-6,8-11H2,1-3H3. The number of ether oxygens (including phenoxy) is 2. The molecular weight excluding hydrogens is 236 g/mol. The summed E-state index contributed by atoms with van der Waals surface area (Å²) in [6.07, 6.45) is 6.45. The molecule has 3 aliphatic rings. The molecule has 108 valence electrons. The number of rotatable bonds is 6. The summed E-state index contributed by atoms with van der Waals surface area (Å²) in [4.78, 5) is 0. The smallest absolute Gasteiger partial charge is 0.0566 e. The summed E-state index contributed by atoms with van der Waals surface area (Å²) < 4.78 is 11.4. The van der Waals surface area contributed by atoms with Gasteiger partial charge in [0.15, 0.2) is 0 Å². The predicted octanol–water partition coefficient (Wildman–Crippen LogP) is 3.67. The van der Waals surface area contributed by atoms with E-state index in [0.717, 1.165) is 50.1 Å². The van der Waals surface area contributed by atoms with Crippen LogP contribution >= 0.6 is 0 Å². The largest absolute Gasteiger partial charge is 0.380 e. The van der Waals surface area contributed by atoms with Crippen LogP contribution < -0.4 is 0 Å². The lowest BCUT2D eigenvalue weighted by Crippen LogP contribution is -2.46. The quantitative estimate of drug-likeness (QED) is 0.682. The van der Waals surface area contributed by atoms with Gasteiger partial charge in [0.1, 0.15) is 0 Å². The molecule has 3 atom stereocenters. The third kappa shape index (κ3) is 2.50. The molecule has 3 unspecified atom stereocenters. The van der Waals surface area contributed by atoms with E-state index in [1.54, 1.807) is 5.57 Å². The summed E-state index contributed by atoms with van der Waals surface area (Å²) in [5, 5.41) is 0. The summed E-state index contributed by atoms with van der Waals surface area (Å²) in [6, 6.07) is 0. The summed E-state index contributed by atoms with van der Waals surface area (Å²) in [5.74, 6) is 3.28. The highest BCUT2D eigenvalue weighted by Gasteiger charge is 2.41. The molecule has 1 heterocycles. The predicted molar refractivity (Wildman–Crippen MR) is 77.0 cm³/mol. The van der Waals surface area contributed by atoms with Crippen molar-refractivity contribution < 1.29 is 9.47 Å². The molecule has 0 aromatic heterocycles. The van der Waals surface area contributed by atoms with Crippen LogP contribution in [0.4, 0.5) is 0 Å². The van der Waals surface area contributed by atoms with Crippen LogP contribution in [0.2, 0.25) is 0 Å². The van der Waals surface area contributed by atoms with Crippen molar-refractivity contribution in [2.45, 2.75) is 40.0 Å². The second-order valence-corrected chi connectivity index (χ2v) is 7.32. The first-order chi connectivity index (χ1) is 9.13. The van der Waals surface area contributed by atoms with Gasteiger partial charge in [0.25, 0.3) is 0 Å². The zero-order valence-corrected chi connectivity index (χ0v) is 12.7. The van der Waals surface area contributed by atoms with E-state index in [-0.39, 0.29) is 0 Å². The molecule has 1 aliphatic heterocycles. The lowest BCUT2D eigenvalue weighted by Gasteiger charge is -2.40. The molecular formula is C17H28O2. The van der Waals surface area contributed by atoms with E-state index in [9.17, 15) is 0 Å². The Morgan fingerprint density at radius 2 is 2.21 bits per heavy atom. The Morgan fingerprint density at radius 3 is 2.68 bits per heavy atom. The van der Waals surface area contributed by atoms with Crippen molar-refractivity contribution in [1.82, 2.24) is 0 Å². The van der Waals surface area contributed by atoms with E-state index in [4.69, 9.17) is 9.47 Å². The van der Waals surface area contributed by atoms with E-state index < -0.39 is 0 Å². The van der Waals surface area contributed by atoms with E-state index in [0.29, 0.717) is 5.41 Å². The van der Waals surface area contributed by atoms with Crippen molar-refractivity contribution in [2.75, 3.05) is 26.4 Å². The highest BCUT2D eigenvalue weighted by Crippen LogP contribution is 2.49. The van der Waals surface area contributed by atoms with Crippen LogP contribution in [0.1, 0.15) is 40.0 Å². The molecule has 1 saturated heterocycles. The maximum absolute atomic E-state index is 6.04. The van der Waals surface area contributed by atoms with Crippen molar-refractivity contribution in [1.29, 1.82) is 0 Å². The first kappa shape index (κ1) is 13.6. The minimum atomic E-state index is 0.340. The topological polar surface area (TPSA) is 18.5 Å². The average Bonchev–Trinajstić information content (AvgIpc) is 2.92. The molecule has 2 aliphatic carbocycles. The Bertz CT molecular complexity index is 349. The second kappa shape index (κ2) is 5.21. The molecule has 0 aromatic carbocycles. The fourth-order valence-corrected chi connectivity index (χ4v) is 4.06. The zero-order chi connectivity index (χ0) is 13.5. The van der Waals surface area contributed by atoms with Gasteiger partial charge >= 0.3 is 0 Å². The molecule has 2 bridgehead atoms. The molecule has 0 amide bonds. The molecule has 0 aromatic rings. The Kier molecular flexibility index (Phi) is 3.74. The van der Waals surface area contributed by atoms with E-state index in [1.165, 1.54) is 19.3 Å². The molecule has 2 nitrogen and oxygen atoms in total. The zero-order valence-electron chi connectivity index (χ0n) is 12.7. The van der Waals surface area contributed by atoms with Gasteiger partial charge < -0.3 is 9.47 Å². The molecule has 2 fully saturated rings. The first-order valence-corrected chi connectivity index (χ1v) is 7.99. The summed E-state index contributed by atoms with van der Waals surface area (Å²) in [7, 11) is 0. The van der Waals surface area contributed by atoms with Gasteiger partial charge in [-0.3, -0.25) is 0 Å². The normalized spacial score (nSPS) is 35.6. The minimum absolute atomic E-state index is 0.340. The third-order valence-electron chi connectivity index (χ3n) is 5.62. The SMILES string of the molecule is CCC1(COCC2CC3CC2=CC3C(C)C)COC1. The van der Waals surface area contributed by atoms with Crippen LogP contribution in [-0.2, 0) is 9.47 Å². The van der Waals surface area contributed by atoms with Crippen LogP contribution in [-0.4, -0.2) is 26.4 Å². The number of hydrogen-bond donors (Lipinski definition) is 0. The van der Waals surface area contributed by atoms with Crippen LogP contribution in [0.15, 0.2) is 11.6 Å². The van der Waals surface area contributed by atoms with Crippen molar-refractivity contribution in [3.63, 3.8) is 0 Å². The first-order valence-electron chi connectivity index (χ1n) is 7.99.